The summed E-state index contributed by atoms with van der Waals surface area (Å²) in [7, 11) is 0. The number of likely N-dealkylation sites (tertiary alicyclic amines) is 1. The lowest BCUT2D eigenvalue weighted by atomic mass is 10.0. The number of anilines is 1. The van der Waals surface area contributed by atoms with E-state index in [4.69, 9.17) is 0 Å². The first-order valence-corrected chi connectivity index (χ1v) is 7.32. The van der Waals surface area contributed by atoms with Crippen LogP contribution >= 0.6 is 0 Å². The molecule has 3 heteroatoms. The standard InChI is InChI=1S/C16H24N2O/c1-13(2)14-8-7-9-15(12-14)17-16(19)18-10-5-3-4-6-11-18/h7-9,12-13H,3-6,10-11H2,1-2H3,(H,17,19). The van der Waals surface area contributed by atoms with Crippen LogP contribution in [0.25, 0.3) is 0 Å². The maximum atomic E-state index is 12.2. The minimum atomic E-state index is 0.0443. The molecule has 1 aliphatic rings. The molecule has 1 fully saturated rings. The monoisotopic (exact) mass is 260 g/mol. The third-order valence-corrected chi connectivity index (χ3v) is 3.70. The first-order valence-electron chi connectivity index (χ1n) is 7.32. The molecule has 0 aromatic heterocycles. The van der Waals surface area contributed by atoms with Gasteiger partial charge in [-0.3, -0.25) is 0 Å². The molecule has 1 aromatic rings. The van der Waals surface area contributed by atoms with Gasteiger partial charge in [0.25, 0.3) is 0 Å². The summed E-state index contributed by atoms with van der Waals surface area (Å²) in [6, 6.07) is 8.18. The van der Waals surface area contributed by atoms with Gasteiger partial charge >= 0.3 is 6.03 Å². The van der Waals surface area contributed by atoms with Gasteiger partial charge in [0.15, 0.2) is 0 Å². The van der Waals surface area contributed by atoms with Gasteiger partial charge in [-0.25, -0.2) is 4.79 Å². The molecule has 1 saturated heterocycles. The van der Waals surface area contributed by atoms with Crippen molar-refractivity contribution in [3.05, 3.63) is 29.8 Å². The minimum absolute atomic E-state index is 0.0443. The van der Waals surface area contributed by atoms with Crippen molar-refractivity contribution in [2.24, 2.45) is 0 Å². The van der Waals surface area contributed by atoms with Crippen LogP contribution in [0.2, 0.25) is 0 Å². The van der Waals surface area contributed by atoms with Crippen molar-refractivity contribution in [3.63, 3.8) is 0 Å². The number of rotatable bonds is 2. The number of hydrogen-bond acceptors (Lipinski definition) is 1. The summed E-state index contributed by atoms with van der Waals surface area (Å²) < 4.78 is 0. The van der Waals surface area contributed by atoms with Crippen molar-refractivity contribution >= 4 is 11.7 Å². The largest absolute Gasteiger partial charge is 0.325 e. The van der Waals surface area contributed by atoms with Gasteiger partial charge in [-0.2, -0.15) is 0 Å². The van der Waals surface area contributed by atoms with Crippen molar-refractivity contribution in [3.8, 4) is 0 Å². The zero-order valence-corrected chi connectivity index (χ0v) is 12.0. The molecule has 0 atom stereocenters. The van der Waals surface area contributed by atoms with E-state index in [9.17, 15) is 4.79 Å². The van der Waals surface area contributed by atoms with Crippen LogP contribution < -0.4 is 5.32 Å². The summed E-state index contributed by atoms with van der Waals surface area (Å²) in [5.41, 5.74) is 2.16. The van der Waals surface area contributed by atoms with Gasteiger partial charge in [-0.15, -0.1) is 0 Å². The summed E-state index contributed by atoms with van der Waals surface area (Å²) in [5.74, 6) is 0.482. The molecule has 1 N–H and O–H groups in total. The third-order valence-electron chi connectivity index (χ3n) is 3.70. The van der Waals surface area contributed by atoms with E-state index in [1.807, 2.05) is 17.0 Å². The van der Waals surface area contributed by atoms with Gasteiger partial charge in [0.1, 0.15) is 0 Å². The zero-order valence-electron chi connectivity index (χ0n) is 12.0. The average molecular weight is 260 g/mol. The number of urea groups is 1. The van der Waals surface area contributed by atoms with Gasteiger partial charge < -0.3 is 10.2 Å². The molecule has 1 aromatic carbocycles. The molecule has 2 amide bonds. The Bertz CT molecular complexity index is 421. The summed E-state index contributed by atoms with van der Waals surface area (Å²) in [6.45, 7) is 6.09. The van der Waals surface area contributed by atoms with E-state index in [0.717, 1.165) is 31.6 Å². The first kappa shape index (κ1) is 13.9. The summed E-state index contributed by atoms with van der Waals surface area (Å²) in [5, 5.41) is 3.02. The second-order valence-electron chi connectivity index (χ2n) is 5.61. The Morgan fingerprint density at radius 1 is 1.16 bits per heavy atom. The fraction of sp³-hybridized carbons (Fsp3) is 0.562. The average Bonchev–Trinajstić information content (AvgIpc) is 2.68. The Morgan fingerprint density at radius 2 is 1.84 bits per heavy atom. The van der Waals surface area contributed by atoms with Crippen LogP contribution in [0.4, 0.5) is 10.5 Å². The maximum absolute atomic E-state index is 12.2. The van der Waals surface area contributed by atoms with Gasteiger partial charge in [0, 0.05) is 18.8 Å². The highest BCUT2D eigenvalue weighted by Gasteiger charge is 2.15. The van der Waals surface area contributed by atoms with Crippen LogP contribution in [0.3, 0.4) is 0 Å². The summed E-state index contributed by atoms with van der Waals surface area (Å²) in [6.07, 6.45) is 4.73. The molecule has 0 saturated carbocycles. The van der Waals surface area contributed by atoms with Crippen LogP contribution in [-0.4, -0.2) is 24.0 Å². The fourth-order valence-corrected chi connectivity index (χ4v) is 2.45. The molecule has 0 aliphatic carbocycles. The highest BCUT2D eigenvalue weighted by atomic mass is 16.2. The number of carbonyl (C=O) groups excluding carboxylic acids is 1. The molecule has 0 unspecified atom stereocenters. The molecule has 0 bridgehead atoms. The Morgan fingerprint density at radius 3 is 2.47 bits per heavy atom. The van der Waals surface area contributed by atoms with Gasteiger partial charge in [0.2, 0.25) is 0 Å². The molecule has 2 rings (SSSR count). The molecule has 3 nitrogen and oxygen atoms in total. The Labute approximate surface area is 116 Å². The Hall–Kier alpha value is -1.51. The van der Waals surface area contributed by atoms with Crippen molar-refractivity contribution in [2.75, 3.05) is 18.4 Å². The van der Waals surface area contributed by atoms with E-state index in [2.05, 4.69) is 31.3 Å². The molecule has 0 radical (unpaired) electrons. The Balaban J connectivity index is 1.99. The maximum Gasteiger partial charge on any atom is 0.321 e. The third kappa shape index (κ3) is 3.98. The van der Waals surface area contributed by atoms with Gasteiger partial charge in [-0.05, 0) is 36.5 Å². The van der Waals surface area contributed by atoms with Crippen LogP contribution in [-0.2, 0) is 0 Å². The van der Waals surface area contributed by atoms with E-state index < -0.39 is 0 Å². The van der Waals surface area contributed by atoms with Crippen molar-refractivity contribution < 1.29 is 4.79 Å². The smallest absolute Gasteiger partial charge is 0.321 e. The highest BCUT2D eigenvalue weighted by molar-refractivity contribution is 5.89. The number of nitrogens with zero attached hydrogens (tertiary/aromatic N) is 1. The summed E-state index contributed by atoms with van der Waals surface area (Å²) in [4.78, 5) is 14.2. The van der Waals surface area contributed by atoms with Crippen molar-refractivity contribution in [1.82, 2.24) is 4.90 Å². The molecule has 19 heavy (non-hydrogen) atoms. The van der Waals surface area contributed by atoms with E-state index >= 15 is 0 Å². The van der Waals surface area contributed by atoms with Crippen LogP contribution in [0.15, 0.2) is 24.3 Å². The number of nitrogens with one attached hydrogen (secondary N) is 1. The second kappa shape index (κ2) is 6.60. The molecule has 0 spiro atoms. The summed E-state index contributed by atoms with van der Waals surface area (Å²) >= 11 is 0. The zero-order chi connectivity index (χ0) is 13.7. The van der Waals surface area contributed by atoms with E-state index in [0.29, 0.717) is 5.92 Å². The van der Waals surface area contributed by atoms with Crippen LogP contribution in [0.1, 0.15) is 51.0 Å². The molecular formula is C16H24N2O. The van der Waals surface area contributed by atoms with Gasteiger partial charge in [-0.1, -0.05) is 38.8 Å². The van der Waals surface area contributed by atoms with Gasteiger partial charge in [0.05, 0.1) is 0 Å². The van der Waals surface area contributed by atoms with Crippen LogP contribution in [0.5, 0.6) is 0 Å². The molecule has 104 valence electrons. The first-order chi connectivity index (χ1) is 9.16. The van der Waals surface area contributed by atoms with E-state index in [1.54, 1.807) is 0 Å². The van der Waals surface area contributed by atoms with Crippen LogP contribution in [0, 0.1) is 0 Å². The normalized spacial score (nSPS) is 16.3. The topological polar surface area (TPSA) is 32.3 Å². The highest BCUT2D eigenvalue weighted by Crippen LogP contribution is 2.19. The fourth-order valence-electron chi connectivity index (χ4n) is 2.45. The van der Waals surface area contributed by atoms with E-state index in [1.165, 1.54) is 18.4 Å². The number of carbonyl (C=O) groups is 1. The lowest BCUT2D eigenvalue weighted by Crippen LogP contribution is -2.35. The van der Waals surface area contributed by atoms with Crippen molar-refractivity contribution in [2.45, 2.75) is 45.4 Å². The Kier molecular flexibility index (Phi) is 4.83. The lowest BCUT2D eigenvalue weighted by Gasteiger charge is -2.21. The number of benzene rings is 1. The molecule has 1 aliphatic heterocycles. The predicted octanol–water partition coefficient (Wildman–Crippen LogP) is 4.22. The quantitative estimate of drug-likeness (QED) is 0.848. The SMILES string of the molecule is CC(C)c1cccc(NC(=O)N2CCCCCC2)c1. The molecular weight excluding hydrogens is 236 g/mol. The number of amides is 2. The minimum Gasteiger partial charge on any atom is -0.325 e. The number of hydrogen-bond donors (Lipinski definition) is 1. The lowest BCUT2D eigenvalue weighted by molar-refractivity contribution is 0.214. The second-order valence-corrected chi connectivity index (χ2v) is 5.61. The predicted molar refractivity (Wildman–Crippen MR) is 79.6 cm³/mol. The van der Waals surface area contributed by atoms with Crippen molar-refractivity contribution in [1.29, 1.82) is 0 Å². The molecule has 1 heterocycles. The van der Waals surface area contributed by atoms with E-state index in [-0.39, 0.29) is 6.03 Å².